The topological polar surface area (TPSA) is 0 Å². The summed E-state index contributed by atoms with van der Waals surface area (Å²) in [5.74, 6) is 8.64. The predicted molar refractivity (Wildman–Crippen MR) is 110 cm³/mol. The summed E-state index contributed by atoms with van der Waals surface area (Å²) >= 11 is 2.08. The van der Waals surface area contributed by atoms with Crippen LogP contribution in [0.4, 0.5) is 0 Å². The van der Waals surface area contributed by atoms with Gasteiger partial charge in [0.2, 0.25) is 0 Å². The molecule has 3 fully saturated rings. The summed E-state index contributed by atoms with van der Waals surface area (Å²) in [6.45, 7) is 12.4. The highest BCUT2D eigenvalue weighted by Crippen LogP contribution is 2.57. The molecule has 0 bridgehead atoms. The average Bonchev–Trinajstić information content (AvgIpc) is 3.27. The van der Waals surface area contributed by atoms with Gasteiger partial charge >= 0.3 is 0 Å². The minimum Gasteiger partial charge on any atom is -0.145 e. The Labute approximate surface area is 159 Å². The van der Waals surface area contributed by atoms with E-state index >= 15 is 0 Å². The van der Waals surface area contributed by atoms with Crippen molar-refractivity contribution in [1.29, 1.82) is 0 Å². The molecule has 0 radical (unpaired) electrons. The second kappa shape index (κ2) is 7.02. The van der Waals surface area contributed by atoms with Crippen LogP contribution in [0.3, 0.4) is 0 Å². The van der Waals surface area contributed by atoms with E-state index in [1.54, 1.807) is 4.88 Å². The third-order valence-electron chi connectivity index (χ3n) is 9.14. The highest BCUT2D eigenvalue weighted by atomic mass is 32.1. The highest BCUT2D eigenvalue weighted by Gasteiger charge is 2.47. The number of fused-ring (bicyclic) bond motifs is 1. The van der Waals surface area contributed by atoms with Crippen LogP contribution in [0.2, 0.25) is 0 Å². The van der Waals surface area contributed by atoms with Gasteiger partial charge in [-0.3, -0.25) is 0 Å². The fraction of sp³-hybridized carbons (Fsp3) is 0.833. The smallest absolute Gasteiger partial charge is 0.00818 e. The van der Waals surface area contributed by atoms with Crippen LogP contribution in [0.15, 0.2) is 12.1 Å². The lowest BCUT2D eigenvalue weighted by Crippen LogP contribution is -2.27. The van der Waals surface area contributed by atoms with Crippen LogP contribution in [0, 0.1) is 54.3 Å². The summed E-state index contributed by atoms with van der Waals surface area (Å²) < 4.78 is 0. The maximum Gasteiger partial charge on any atom is 0.00818 e. The molecule has 4 rings (SSSR count). The van der Waals surface area contributed by atoms with Crippen LogP contribution in [0.1, 0.15) is 81.9 Å². The highest BCUT2D eigenvalue weighted by molar-refractivity contribution is 7.12. The van der Waals surface area contributed by atoms with Crippen molar-refractivity contribution in [2.75, 3.05) is 0 Å². The normalized spacial score (nSPS) is 47.2. The average molecular weight is 359 g/mol. The van der Waals surface area contributed by atoms with E-state index in [9.17, 15) is 0 Å². The lowest BCUT2D eigenvalue weighted by atomic mass is 9.69. The van der Waals surface area contributed by atoms with Crippen molar-refractivity contribution in [3.05, 3.63) is 21.9 Å². The minimum absolute atomic E-state index is 0.888. The Morgan fingerprint density at radius 3 is 2.20 bits per heavy atom. The lowest BCUT2D eigenvalue weighted by molar-refractivity contribution is 0.160. The van der Waals surface area contributed by atoms with Crippen molar-refractivity contribution in [3.63, 3.8) is 0 Å². The summed E-state index contributed by atoms with van der Waals surface area (Å²) in [5, 5.41) is 0. The van der Waals surface area contributed by atoms with Crippen molar-refractivity contribution in [3.8, 4) is 0 Å². The molecule has 0 nitrogen and oxygen atoms in total. The largest absolute Gasteiger partial charge is 0.145 e. The molecule has 0 spiro atoms. The summed E-state index contributed by atoms with van der Waals surface area (Å²) in [6.07, 6.45) is 9.03. The van der Waals surface area contributed by atoms with Crippen LogP contribution < -0.4 is 0 Å². The Bertz CT molecular complexity index is 573. The molecule has 3 aliphatic rings. The van der Waals surface area contributed by atoms with Crippen molar-refractivity contribution in [2.45, 2.75) is 79.1 Å². The van der Waals surface area contributed by atoms with Gasteiger partial charge < -0.3 is 0 Å². The Kier molecular flexibility index (Phi) is 5.08. The summed E-state index contributed by atoms with van der Waals surface area (Å²) in [5.41, 5.74) is 0. The quantitative estimate of drug-likeness (QED) is 0.524. The summed E-state index contributed by atoms with van der Waals surface area (Å²) in [6, 6.07) is 4.80. The Morgan fingerprint density at radius 2 is 1.56 bits per heavy atom. The third-order valence-corrected chi connectivity index (χ3v) is 10.3. The monoisotopic (exact) mass is 358 g/mol. The maximum atomic E-state index is 2.56. The molecule has 0 amide bonds. The molecule has 1 aromatic heterocycles. The van der Waals surface area contributed by atoms with Gasteiger partial charge in [0.05, 0.1) is 0 Å². The van der Waals surface area contributed by atoms with E-state index < -0.39 is 0 Å². The van der Waals surface area contributed by atoms with Crippen LogP contribution in [-0.4, -0.2) is 0 Å². The molecular formula is C24H38S. The zero-order chi connectivity index (χ0) is 17.7. The van der Waals surface area contributed by atoms with Gasteiger partial charge in [0.25, 0.3) is 0 Å². The molecule has 1 aromatic rings. The molecule has 0 N–H and O–H groups in total. The predicted octanol–water partition coefficient (Wildman–Crippen LogP) is 7.53. The van der Waals surface area contributed by atoms with E-state index in [-0.39, 0.29) is 0 Å². The molecule has 8 unspecified atom stereocenters. The van der Waals surface area contributed by atoms with Gasteiger partial charge in [0, 0.05) is 9.75 Å². The van der Waals surface area contributed by atoms with Gasteiger partial charge in [-0.15, -0.1) is 11.3 Å². The van der Waals surface area contributed by atoms with Crippen LogP contribution >= 0.6 is 11.3 Å². The van der Waals surface area contributed by atoms with Crippen molar-refractivity contribution >= 4 is 11.3 Å². The molecule has 3 saturated carbocycles. The third kappa shape index (κ3) is 3.13. The number of rotatable bonds is 3. The Balaban J connectivity index is 1.47. The molecule has 0 aliphatic heterocycles. The van der Waals surface area contributed by atoms with Crippen molar-refractivity contribution in [1.82, 2.24) is 0 Å². The summed E-state index contributed by atoms with van der Waals surface area (Å²) in [4.78, 5) is 3.21. The standard InChI is InChI=1S/C24H38S/c1-14-9-12-24(25-14)22-8-6-7-20-19(10-11-21(20)22)13-23-17(4)15(2)16(3)18(23)5/h9,12,15-23H,6-8,10-11,13H2,1-5H3. The van der Waals surface area contributed by atoms with Gasteiger partial charge in [-0.2, -0.15) is 0 Å². The first-order valence-electron chi connectivity index (χ1n) is 11.0. The van der Waals surface area contributed by atoms with Crippen LogP contribution in [-0.2, 0) is 0 Å². The second-order valence-electron chi connectivity index (χ2n) is 9.99. The maximum absolute atomic E-state index is 2.56. The van der Waals surface area contributed by atoms with Gasteiger partial charge in [0.15, 0.2) is 0 Å². The molecule has 0 saturated heterocycles. The minimum atomic E-state index is 0.888. The first-order valence-corrected chi connectivity index (χ1v) is 11.8. The number of aryl methyl sites for hydroxylation is 1. The van der Waals surface area contributed by atoms with E-state index in [2.05, 4.69) is 58.1 Å². The van der Waals surface area contributed by atoms with Crippen LogP contribution in [0.5, 0.6) is 0 Å². The second-order valence-corrected chi connectivity index (χ2v) is 11.3. The molecular weight excluding hydrogens is 320 g/mol. The molecule has 1 heteroatoms. The molecule has 0 aromatic carbocycles. The fourth-order valence-corrected chi connectivity index (χ4v) is 8.30. The van der Waals surface area contributed by atoms with Gasteiger partial charge in [0.1, 0.15) is 0 Å². The molecule has 140 valence electrons. The lowest BCUT2D eigenvalue weighted by Gasteiger charge is -2.37. The molecule has 25 heavy (non-hydrogen) atoms. The Hall–Kier alpha value is -0.300. The molecule has 1 heterocycles. The number of thiophene rings is 1. The zero-order valence-corrected chi connectivity index (χ0v) is 17.8. The zero-order valence-electron chi connectivity index (χ0n) is 17.0. The first kappa shape index (κ1) is 18.1. The van der Waals surface area contributed by atoms with Crippen molar-refractivity contribution in [2.24, 2.45) is 47.3 Å². The van der Waals surface area contributed by atoms with E-state index in [0.717, 1.165) is 53.3 Å². The van der Waals surface area contributed by atoms with Crippen molar-refractivity contribution < 1.29 is 0 Å². The molecule has 3 aliphatic carbocycles. The number of hydrogen-bond acceptors (Lipinski definition) is 1. The molecule has 8 atom stereocenters. The van der Waals surface area contributed by atoms with Gasteiger partial charge in [-0.25, -0.2) is 0 Å². The van der Waals surface area contributed by atoms with Gasteiger partial charge in [-0.05, 0) is 104 Å². The summed E-state index contributed by atoms with van der Waals surface area (Å²) in [7, 11) is 0. The SMILES string of the molecule is Cc1ccc(C2CCCC3C(CC4C(C)C(C)C(C)C4C)CCC23)s1. The van der Waals surface area contributed by atoms with E-state index in [1.165, 1.54) is 43.4 Å². The number of hydrogen-bond donors (Lipinski definition) is 0. The first-order chi connectivity index (χ1) is 12.0. The fourth-order valence-electron chi connectivity index (χ4n) is 7.21. The van der Waals surface area contributed by atoms with E-state index in [0.29, 0.717) is 0 Å². The van der Waals surface area contributed by atoms with Gasteiger partial charge in [-0.1, -0.05) is 34.1 Å². The van der Waals surface area contributed by atoms with Crippen LogP contribution in [0.25, 0.3) is 0 Å². The Morgan fingerprint density at radius 1 is 0.840 bits per heavy atom. The van der Waals surface area contributed by atoms with E-state index in [1.807, 2.05) is 0 Å². The van der Waals surface area contributed by atoms with E-state index in [4.69, 9.17) is 0 Å².